The fourth-order valence-corrected chi connectivity index (χ4v) is 1.10. The van der Waals surface area contributed by atoms with Crippen LogP contribution in [0.2, 0.25) is 0 Å². The number of amides is 1. The van der Waals surface area contributed by atoms with E-state index in [0.717, 1.165) is 0 Å². The summed E-state index contributed by atoms with van der Waals surface area (Å²) in [5.74, 6) is -1.25. The van der Waals surface area contributed by atoms with Crippen LogP contribution < -0.4 is 5.32 Å². The van der Waals surface area contributed by atoms with E-state index < -0.39 is 5.97 Å². The summed E-state index contributed by atoms with van der Waals surface area (Å²) in [6, 6.07) is 6.00. The SMILES string of the molecule is CCNC(=O)COC(=O)c1ccccc1O. The number of rotatable bonds is 4. The lowest BCUT2D eigenvalue weighted by molar-refractivity contribution is -0.124. The second-order valence-electron chi connectivity index (χ2n) is 3.05. The zero-order valence-corrected chi connectivity index (χ0v) is 8.90. The van der Waals surface area contributed by atoms with Crippen molar-refractivity contribution in [2.24, 2.45) is 0 Å². The van der Waals surface area contributed by atoms with Gasteiger partial charge in [-0.1, -0.05) is 12.1 Å². The molecule has 0 aliphatic carbocycles. The molecule has 0 bridgehead atoms. The average molecular weight is 223 g/mol. The summed E-state index contributed by atoms with van der Waals surface area (Å²) in [4.78, 5) is 22.4. The molecule has 0 aliphatic heterocycles. The second kappa shape index (κ2) is 5.75. The van der Waals surface area contributed by atoms with Gasteiger partial charge in [0.15, 0.2) is 6.61 Å². The summed E-state index contributed by atoms with van der Waals surface area (Å²) in [5.41, 5.74) is 0.0480. The van der Waals surface area contributed by atoms with Crippen molar-refractivity contribution in [2.75, 3.05) is 13.2 Å². The third kappa shape index (κ3) is 3.27. The molecular weight excluding hydrogens is 210 g/mol. The molecule has 0 heterocycles. The highest BCUT2D eigenvalue weighted by Crippen LogP contribution is 2.16. The molecule has 0 aliphatic rings. The number of ether oxygens (including phenoxy) is 1. The highest BCUT2D eigenvalue weighted by Gasteiger charge is 2.12. The van der Waals surface area contributed by atoms with Crippen molar-refractivity contribution < 1.29 is 19.4 Å². The zero-order chi connectivity index (χ0) is 12.0. The highest BCUT2D eigenvalue weighted by atomic mass is 16.5. The number of hydrogen-bond donors (Lipinski definition) is 2. The first kappa shape index (κ1) is 12.0. The number of aromatic hydroxyl groups is 1. The number of esters is 1. The first-order valence-electron chi connectivity index (χ1n) is 4.87. The Morgan fingerprint density at radius 2 is 2.06 bits per heavy atom. The Bertz CT molecular complexity index is 389. The highest BCUT2D eigenvalue weighted by molar-refractivity contribution is 5.93. The van der Waals surface area contributed by atoms with E-state index in [-0.39, 0.29) is 23.8 Å². The van der Waals surface area contributed by atoms with Crippen LogP contribution in [0.25, 0.3) is 0 Å². The first-order valence-corrected chi connectivity index (χ1v) is 4.87. The Morgan fingerprint density at radius 3 is 2.69 bits per heavy atom. The number of para-hydroxylation sites is 1. The van der Waals surface area contributed by atoms with E-state index >= 15 is 0 Å². The number of carbonyl (C=O) groups is 2. The van der Waals surface area contributed by atoms with Gasteiger partial charge < -0.3 is 15.2 Å². The van der Waals surface area contributed by atoms with Gasteiger partial charge in [-0.2, -0.15) is 0 Å². The number of phenols is 1. The molecule has 0 saturated carbocycles. The lowest BCUT2D eigenvalue weighted by atomic mass is 10.2. The van der Waals surface area contributed by atoms with Gasteiger partial charge in [-0.3, -0.25) is 4.79 Å². The molecule has 1 aromatic rings. The van der Waals surface area contributed by atoms with Crippen LogP contribution in [0.4, 0.5) is 0 Å². The van der Waals surface area contributed by atoms with Crippen molar-refractivity contribution >= 4 is 11.9 Å². The van der Waals surface area contributed by atoms with Gasteiger partial charge in [-0.05, 0) is 19.1 Å². The maximum absolute atomic E-state index is 11.4. The number of phenolic OH excluding ortho intramolecular Hbond substituents is 1. The molecule has 2 N–H and O–H groups in total. The van der Waals surface area contributed by atoms with Crippen LogP contribution in [-0.4, -0.2) is 30.1 Å². The molecule has 1 aromatic carbocycles. The van der Waals surface area contributed by atoms with Crippen LogP contribution >= 0.6 is 0 Å². The van der Waals surface area contributed by atoms with E-state index in [1.54, 1.807) is 19.1 Å². The quantitative estimate of drug-likeness (QED) is 0.736. The molecule has 5 heteroatoms. The molecule has 0 fully saturated rings. The number of hydrogen-bond acceptors (Lipinski definition) is 4. The van der Waals surface area contributed by atoms with Crippen molar-refractivity contribution in [2.45, 2.75) is 6.92 Å². The Balaban J connectivity index is 2.54. The van der Waals surface area contributed by atoms with Crippen molar-refractivity contribution in [3.8, 4) is 5.75 Å². The van der Waals surface area contributed by atoms with E-state index in [1.807, 2.05) is 0 Å². The van der Waals surface area contributed by atoms with E-state index in [1.165, 1.54) is 12.1 Å². The molecule has 0 aromatic heterocycles. The number of nitrogens with one attached hydrogen (secondary N) is 1. The first-order chi connectivity index (χ1) is 7.65. The van der Waals surface area contributed by atoms with E-state index in [9.17, 15) is 14.7 Å². The minimum absolute atomic E-state index is 0.0480. The number of likely N-dealkylation sites (N-methyl/N-ethyl adjacent to an activating group) is 1. The third-order valence-electron chi connectivity index (χ3n) is 1.83. The molecule has 0 atom stereocenters. The zero-order valence-electron chi connectivity index (χ0n) is 8.90. The standard InChI is InChI=1S/C11H13NO4/c1-2-12-10(14)7-16-11(15)8-5-3-4-6-9(8)13/h3-6,13H,2,7H2,1H3,(H,12,14). The molecule has 0 spiro atoms. The van der Waals surface area contributed by atoms with Crippen LogP contribution in [0.3, 0.4) is 0 Å². The van der Waals surface area contributed by atoms with Crippen LogP contribution in [0, 0.1) is 0 Å². The van der Waals surface area contributed by atoms with E-state index in [4.69, 9.17) is 4.74 Å². The van der Waals surface area contributed by atoms with Crippen LogP contribution in [0.5, 0.6) is 5.75 Å². The fourth-order valence-electron chi connectivity index (χ4n) is 1.10. The lowest BCUT2D eigenvalue weighted by Gasteiger charge is -2.05. The Hall–Kier alpha value is -2.04. The summed E-state index contributed by atoms with van der Waals surface area (Å²) in [6.45, 7) is 1.90. The molecule has 1 rings (SSSR count). The van der Waals surface area contributed by atoms with Crippen LogP contribution in [0.1, 0.15) is 17.3 Å². The average Bonchev–Trinajstić information content (AvgIpc) is 2.27. The lowest BCUT2D eigenvalue weighted by Crippen LogP contribution is -2.28. The van der Waals surface area contributed by atoms with E-state index in [2.05, 4.69) is 5.32 Å². The minimum atomic E-state index is -0.718. The predicted molar refractivity (Wildman–Crippen MR) is 57.1 cm³/mol. The van der Waals surface area contributed by atoms with Crippen LogP contribution in [0.15, 0.2) is 24.3 Å². The largest absolute Gasteiger partial charge is 0.507 e. The second-order valence-corrected chi connectivity index (χ2v) is 3.05. The molecule has 0 unspecified atom stereocenters. The summed E-state index contributed by atoms with van der Waals surface area (Å²) in [7, 11) is 0. The molecule has 1 amide bonds. The van der Waals surface area contributed by atoms with Crippen molar-refractivity contribution in [1.82, 2.24) is 5.32 Å². The monoisotopic (exact) mass is 223 g/mol. The molecule has 5 nitrogen and oxygen atoms in total. The summed E-state index contributed by atoms with van der Waals surface area (Å²) in [6.07, 6.45) is 0. The summed E-state index contributed by atoms with van der Waals surface area (Å²) in [5, 5.41) is 11.8. The topological polar surface area (TPSA) is 75.6 Å². The number of carbonyl (C=O) groups excluding carboxylic acids is 2. The van der Waals surface area contributed by atoms with Gasteiger partial charge in [0, 0.05) is 6.54 Å². The van der Waals surface area contributed by atoms with Gasteiger partial charge in [-0.25, -0.2) is 4.79 Å². The maximum atomic E-state index is 11.4. The maximum Gasteiger partial charge on any atom is 0.342 e. The molecular formula is C11H13NO4. The smallest absolute Gasteiger partial charge is 0.342 e. The molecule has 0 radical (unpaired) electrons. The third-order valence-corrected chi connectivity index (χ3v) is 1.83. The molecule has 86 valence electrons. The Morgan fingerprint density at radius 1 is 1.38 bits per heavy atom. The fraction of sp³-hybridized carbons (Fsp3) is 0.273. The number of benzene rings is 1. The normalized spacial score (nSPS) is 9.56. The van der Waals surface area contributed by atoms with Crippen molar-refractivity contribution in [3.05, 3.63) is 29.8 Å². The van der Waals surface area contributed by atoms with Gasteiger partial charge in [0.05, 0.1) is 0 Å². The van der Waals surface area contributed by atoms with Crippen molar-refractivity contribution in [1.29, 1.82) is 0 Å². The van der Waals surface area contributed by atoms with Gasteiger partial charge in [0.1, 0.15) is 11.3 Å². The minimum Gasteiger partial charge on any atom is -0.507 e. The van der Waals surface area contributed by atoms with Crippen molar-refractivity contribution in [3.63, 3.8) is 0 Å². The summed E-state index contributed by atoms with van der Waals surface area (Å²) < 4.78 is 4.71. The van der Waals surface area contributed by atoms with Gasteiger partial charge in [0.2, 0.25) is 0 Å². The van der Waals surface area contributed by atoms with E-state index in [0.29, 0.717) is 6.54 Å². The predicted octanol–water partition coefficient (Wildman–Crippen LogP) is 0.685. The van der Waals surface area contributed by atoms with Gasteiger partial charge in [-0.15, -0.1) is 0 Å². The van der Waals surface area contributed by atoms with Crippen LogP contribution in [-0.2, 0) is 9.53 Å². The molecule has 0 saturated heterocycles. The van der Waals surface area contributed by atoms with Gasteiger partial charge >= 0.3 is 5.97 Å². The Labute approximate surface area is 93.0 Å². The molecule has 16 heavy (non-hydrogen) atoms. The summed E-state index contributed by atoms with van der Waals surface area (Å²) >= 11 is 0. The Kier molecular flexibility index (Phi) is 4.32. The van der Waals surface area contributed by atoms with Gasteiger partial charge in [0.25, 0.3) is 5.91 Å².